The Labute approximate surface area is 160 Å². The number of piperazine rings is 1. The van der Waals surface area contributed by atoms with E-state index in [1.54, 1.807) is 0 Å². The molecule has 7 nitrogen and oxygen atoms in total. The molecular weight excluding hydrogens is 340 g/mol. The fraction of sp³-hybridized carbons (Fsp3) is 0.450. The van der Waals surface area contributed by atoms with Gasteiger partial charge in [0.25, 0.3) is 0 Å². The molecule has 0 radical (unpaired) electrons. The number of rotatable bonds is 3. The molecule has 0 saturated carbocycles. The predicted molar refractivity (Wildman–Crippen MR) is 108 cm³/mol. The summed E-state index contributed by atoms with van der Waals surface area (Å²) < 4.78 is 0. The molecule has 0 bridgehead atoms. The van der Waals surface area contributed by atoms with Crippen LogP contribution in [0.5, 0.6) is 0 Å². The second kappa shape index (κ2) is 7.42. The largest absolute Gasteiger partial charge is 0.353 e. The van der Waals surface area contributed by atoms with Crippen molar-refractivity contribution in [1.29, 1.82) is 0 Å². The molecule has 3 aliphatic rings. The van der Waals surface area contributed by atoms with Gasteiger partial charge in [-0.25, -0.2) is 9.79 Å². The normalized spacial score (nSPS) is 21.7. The summed E-state index contributed by atoms with van der Waals surface area (Å²) in [6.07, 6.45) is 4.82. The van der Waals surface area contributed by atoms with Crippen LogP contribution in [0.2, 0.25) is 0 Å². The van der Waals surface area contributed by atoms with Gasteiger partial charge in [-0.3, -0.25) is 4.99 Å². The summed E-state index contributed by atoms with van der Waals surface area (Å²) in [5, 5.41) is 3.06. The number of para-hydroxylation sites is 1. The van der Waals surface area contributed by atoms with E-state index >= 15 is 0 Å². The fourth-order valence-corrected chi connectivity index (χ4v) is 3.68. The minimum atomic E-state index is -0.0307. The van der Waals surface area contributed by atoms with E-state index in [4.69, 9.17) is 0 Å². The molecule has 0 aliphatic carbocycles. The Morgan fingerprint density at radius 2 is 2.00 bits per heavy atom. The van der Waals surface area contributed by atoms with Gasteiger partial charge in [0.15, 0.2) is 0 Å². The number of fused-ring (bicyclic) bond motifs is 1. The lowest BCUT2D eigenvalue weighted by Gasteiger charge is -2.36. The zero-order valence-corrected chi connectivity index (χ0v) is 15.9. The number of amidine groups is 1. The lowest BCUT2D eigenvalue weighted by molar-refractivity contribution is 0.167. The molecule has 0 spiro atoms. The van der Waals surface area contributed by atoms with Crippen LogP contribution < -0.4 is 5.32 Å². The summed E-state index contributed by atoms with van der Waals surface area (Å²) in [7, 11) is 0. The van der Waals surface area contributed by atoms with Crippen molar-refractivity contribution in [2.24, 2.45) is 9.98 Å². The SMILES string of the molecule is CCc1ccccc1NC(=O)N1CCN(C2=CC3=NC(C)CN3C=N2)CC1. The Kier molecular flexibility index (Phi) is 4.83. The van der Waals surface area contributed by atoms with Gasteiger partial charge in [0, 0.05) is 44.5 Å². The molecule has 4 rings (SSSR count). The lowest BCUT2D eigenvalue weighted by Crippen LogP contribution is -2.50. The van der Waals surface area contributed by atoms with Gasteiger partial charge >= 0.3 is 6.03 Å². The Morgan fingerprint density at radius 1 is 1.22 bits per heavy atom. The molecule has 3 aliphatic heterocycles. The highest BCUT2D eigenvalue weighted by atomic mass is 16.2. The first-order chi connectivity index (χ1) is 13.1. The molecule has 27 heavy (non-hydrogen) atoms. The number of carbonyl (C=O) groups excluding carboxylic acids is 1. The van der Waals surface area contributed by atoms with E-state index in [-0.39, 0.29) is 6.03 Å². The molecule has 2 amide bonds. The van der Waals surface area contributed by atoms with Gasteiger partial charge in [0.05, 0.1) is 12.4 Å². The monoisotopic (exact) mass is 366 g/mol. The maximum atomic E-state index is 12.6. The van der Waals surface area contributed by atoms with Gasteiger partial charge in [-0.2, -0.15) is 0 Å². The molecule has 1 atom stereocenters. The Bertz CT molecular complexity index is 806. The molecule has 3 heterocycles. The number of urea groups is 1. The van der Waals surface area contributed by atoms with Crippen molar-refractivity contribution in [2.45, 2.75) is 26.3 Å². The highest BCUT2D eigenvalue weighted by Crippen LogP contribution is 2.20. The minimum absolute atomic E-state index is 0.0307. The molecule has 1 aromatic rings. The van der Waals surface area contributed by atoms with Gasteiger partial charge in [0.1, 0.15) is 11.7 Å². The third-order valence-corrected chi connectivity index (χ3v) is 5.23. The number of carbonyl (C=O) groups is 1. The van der Waals surface area contributed by atoms with Crippen LogP contribution in [0.15, 0.2) is 46.1 Å². The van der Waals surface area contributed by atoms with Crippen molar-refractivity contribution in [3.05, 3.63) is 41.7 Å². The zero-order valence-electron chi connectivity index (χ0n) is 15.9. The summed E-state index contributed by atoms with van der Waals surface area (Å²) in [5.41, 5.74) is 2.06. The molecule has 1 saturated heterocycles. The van der Waals surface area contributed by atoms with Crippen LogP contribution in [0, 0.1) is 0 Å². The molecule has 142 valence electrons. The van der Waals surface area contributed by atoms with Crippen LogP contribution in [0.25, 0.3) is 0 Å². The third kappa shape index (κ3) is 3.67. The molecule has 7 heteroatoms. The van der Waals surface area contributed by atoms with Crippen molar-refractivity contribution in [3.63, 3.8) is 0 Å². The van der Waals surface area contributed by atoms with Crippen LogP contribution in [0.4, 0.5) is 10.5 Å². The summed E-state index contributed by atoms with van der Waals surface area (Å²) in [4.78, 5) is 28.0. The van der Waals surface area contributed by atoms with Gasteiger partial charge in [0.2, 0.25) is 0 Å². The lowest BCUT2D eigenvalue weighted by atomic mass is 10.1. The number of aryl methyl sites for hydroxylation is 1. The van der Waals surface area contributed by atoms with Gasteiger partial charge < -0.3 is 20.0 Å². The van der Waals surface area contributed by atoms with E-state index in [1.165, 1.54) is 0 Å². The van der Waals surface area contributed by atoms with Crippen molar-refractivity contribution >= 4 is 23.9 Å². The summed E-state index contributed by atoms with van der Waals surface area (Å²) >= 11 is 0. The standard InChI is InChI=1S/C20H26N6O/c1-3-16-6-4-5-7-17(16)23-20(27)25-10-8-24(9-11-25)18-12-19-22-15(2)13-26(19)14-21-18/h4-7,12,14-15H,3,8-11,13H2,1-2H3,(H,23,27). The van der Waals surface area contributed by atoms with E-state index in [9.17, 15) is 4.79 Å². The van der Waals surface area contributed by atoms with Crippen LogP contribution in [0.1, 0.15) is 19.4 Å². The number of hydrogen-bond donors (Lipinski definition) is 1. The average molecular weight is 366 g/mol. The topological polar surface area (TPSA) is 63.5 Å². The van der Waals surface area contributed by atoms with Crippen LogP contribution in [-0.4, -0.2) is 71.7 Å². The van der Waals surface area contributed by atoms with Crippen LogP contribution in [0.3, 0.4) is 0 Å². The maximum absolute atomic E-state index is 12.6. The fourth-order valence-electron chi connectivity index (χ4n) is 3.68. The summed E-state index contributed by atoms with van der Waals surface area (Å²) in [6, 6.07) is 8.25. The molecule has 1 N–H and O–H groups in total. The Morgan fingerprint density at radius 3 is 2.78 bits per heavy atom. The molecule has 1 unspecified atom stereocenters. The Balaban J connectivity index is 1.35. The second-order valence-corrected chi connectivity index (χ2v) is 7.15. The van der Waals surface area contributed by atoms with Crippen molar-refractivity contribution in [2.75, 3.05) is 38.0 Å². The minimum Gasteiger partial charge on any atom is -0.353 e. The third-order valence-electron chi connectivity index (χ3n) is 5.23. The van der Waals surface area contributed by atoms with E-state index in [1.807, 2.05) is 29.4 Å². The van der Waals surface area contributed by atoms with Gasteiger partial charge in [-0.1, -0.05) is 25.1 Å². The first-order valence-corrected chi connectivity index (χ1v) is 9.63. The van der Waals surface area contributed by atoms with Crippen molar-refractivity contribution in [1.82, 2.24) is 14.7 Å². The quantitative estimate of drug-likeness (QED) is 0.893. The number of amides is 2. The average Bonchev–Trinajstić information content (AvgIpc) is 3.07. The highest BCUT2D eigenvalue weighted by Gasteiger charge is 2.27. The number of benzene rings is 1. The van der Waals surface area contributed by atoms with E-state index in [0.29, 0.717) is 19.1 Å². The predicted octanol–water partition coefficient (Wildman–Crippen LogP) is 2.38. The molecule has 0 aromatic heterocycles. The summed E-state index contributed by atoms with van der Waals surface area (Å²) in [5.74, 6) is 1.93. The first-order valence-electron chi connectivity index (χ1n) is 9.63. The van der Waals surface area contributed by atoms with E-state index < -0.39 is 0 Å². The smallest absolute Gasteiger partial charge is 0.321 e. The number of nitrogens with one attached hydrogen (secondary N) is 1. The zero-order chi connectivity index (χ0) is 18.8. The Hall–Kier alpha value is -2.83. The van der Waals surface area contributed by atoms with Crippen molar-refractivity contribution in [3.8, 4) is 0 Å². The molecule has 1 fully saturated rings. The number of aliphatic imine (C=N–C) groups is 2. The second-order valence-electron chi connectivity index (χ2n) is 7.15. The van der Waals surface area contributed by atoms with E-state index in [0.717, 1.165) is 49.0 Å². The maximum Gasteiger partial charge on any atom is 0.321 e. The first kappa shape index (κ1) is 17.6. The number of nitrogens with zero attached hydrogens (tertiary/aromatic N) is 5. The summed E-state index contributed by atoms with van der Waals surface area (Å²) in [6.45, 7) is 8.01. The van der Waals surface area contributed by atoms with Crippen LogP contribution in [-0.2, 0) is 6.42 Å². The molecular formula is C20H26N6O. The van der Waals surface area contributed by atoms with Crippen molar-refractivity contribution < 1.29 is 4.79 Å². The van der Waals surface area contributed by atoms with Crippen LogP contribution >= 0.6 is 0 Å². The van der Waals surface area contributed by atoms with Gasteiger partial charge in [-0.05, 0) is 25.0 Å². The number of anilines is 1. The number of hydrogen-bond acceptors (Lipinski definition) is 5. The van der Waals surface area contributed by atoms with E-state index in [2.05, 4.69) is 51.1 Å². The van der Waals surface area contributed by atoms with Gasteiger partial charge in [-0.15, -0.1) is 0 Å². The highest BCUT2D eigenvalue weighted by molar-refractivity contribution is 6.03. The molecule has 1 aromatic carbocycles.